The molecule has 1 N–H and O–H groups in total. The van der Waals surface area contributed by atoms with E-state index < -0.39 is 11.8 Å². The van der Waals surface area contributed by atoms with E-state index in [1.54, 1.807) is 36.4 Å². The fourth-order valence-corrected chi connectivity index (χ4v) is 2.12. The highest BCUT2D eigenvalue weighted by Crippen LogP contribution is 2.17. The number of benzene rings is 1. The summed E-state index contributed by atoms with van der Waals surface area (Å²) in [6.45, 7) is 5.30. The number of amides is 2. The van der Waals surface area contributed by atoms with Crippen LogP contribution in [0.15, 0.2) is 42.6 Å². The van der Waals surface area contributed by atoms with Crippen molar-refractivity contribution in [3.05, 3.63) is 48.2 Å². The Kier molecular flexibility index (Phi) is 4.49. The van der Waals surface area contributed by atoms with Crippen molar-refractivity contribution in [2.24, 2.45) is 0 Å². The van der Waals surface area contributed by atoms with E-state index in [2.05, 4.69) is 11.9 Å². The lowest BCUT2D eigenvalue weighted by Crippen LogP contribution is -2.34. The molecule has 5 nitrogen and oxygen atoms in total. The number of thiocarbonyl (C=S) groups is 1. The first-order valence-corrected chi connectivity index (χ1v) is 6.65. The van der Waals surface area contributed by atoms with E-state index in [1.807, 2.05) is 0 Å². The summed E-state index contributed by atoms with van der Waals surface area (Å²) in [4.78, 5) is 24.3. The molecule has 21 heavy (non-hydrogen) atoms. The molecule has 2 rings (SSSR count). The Balaban J connectivity index is 2.17. The molecule has 0 aliphatic carbocycles. The van der Waals surface area contributed by atoms with Crippen LogP contribution in [-0.4, -0.2) is 28.4 Å². The molecule has 1 fully saturated rings. The second-order valence-electron chi connectivity index (χ2n) is 4.32. The van der Waals surface area contributed by atoms with Gasteiger partial charge in [-0.05, 0) is 36.0 Å². The Hall–Kier alpha value is -2.47. The minimum absolute atomic E-state index is 0.102. The van der Waals surface area contributed by atoms with Crippen LogP contribution in [0.5, 0.6) is 5.75 Å². The molecule has 0 aromatic heterocycles. The summed E-state index contributed by atoms with van der Waals surface area (Å²) in [5, 5.41) is 2.84. The number of carbonyl (C=O) groups excluding carboxylic acids is 2. The van der Waals surface area contributed by atoms with Crippen molar-refractivity contribution in [1.82, 2.24) is 10.2 Å². The smallest absolute Gasteiger partial charge is 0.283 e. The number of ether oxygens (including phenoxy) is 1. The number of nitrogens with zero attached hydrogens (tertiary/aromatic N) is 1. The normalized spacial score (nSPS) is 16.0. The van der Waals surface area contributed by atoms with E-state index >= 15 is 0 Å². The summed E-state index contributed by atoms with van der Waals surface area (Å²) in [5.74, 6) is -0.141. The molecule has 0 radical (unpaired) electrons. The maximum Gasteiger partial charge on any atom is 0.283 e. The molecule has 2 amide bonds. The van der Waals surface area contributed by atoms with Gasteiger partial charge in [-0.15, -0.1) is 0 Å². The van der Waals surface area contributed by atoms with Crippen molar-refractivity contribution >= 4 is 35.2 Å². The highest BCUT2D eigenvalue weighted by molar-refractivity contribution is 7.80. The van der Waals surface area contributed by atoms with Crippen molar-refractivity contribution in [3.8, 4) is 5.75 Å². The van der Waals surface area contributed by atoms with Crippen molar-refractivity contribution in [3.63, 3.8) is 0 Å². The van der Waals surface area contributed by atoms with E-state index in [0.717, 1.165) is 10.5 Å². The molecule has 1 aliphatic heterocycles. The molecule has 0 atom stereocenters. The maximum absolute atomic E-state index is 12.0. The number of nitrogens with one attached hydrogen (secondary N) is 1. The topological polar surface area (TPSA) is 58.6 Å². The first-order chi connectivity index (χ1) is 10.0. The molecule has 1 aromatic rings. The lowest BCUT2D eigenvalue weighted by molar-refractivity contribution is -0.135. The third-order valence-corrected chi connectivity index (χ3v) is 3.04. The molecule has 1 heterocycles. The molecule has 1 saturated heterocycles. The quantitative estimate of drug-likeness (QED) is 0.522. The zero-order valence-electron chi connectivity index (χ0n) is 11.5. The van der Waals surface area contributed by atoms with Gasteiger partial charge in [0, 0.05) is 6.92 Å². The molecule has 6 heteroatoms. The van der Waals surface area contributed by atoms with Gasteiger partial charge in [0.1, 0.15) is 18.1 Å². The number of hydrogen-bond acceptors (Lipinski definition) is 4. The van der Waals surface area contributed by atoms with E-state index in [0.29, 0.717) is 12.4 Å². The van der Waals surface area contributed by atoms with Crippen LogP contribution in [0.3, 0.4) is 0 Å². The Morgan fingerprint density at radius 3 is 2.62 bits per heavy atom. The third-order valence-electron chi connectivity index (χ3n) is 2.75. The second kappa shape index (κ2) is 6.32. The standard InChI is InChI=1S/C15H14N2O3S/c1-3-8-20-12-6-4-11(5-7-12)9-13-14(19)17(10(2)18)15(21)16-13/h3-7,9H,1,8H2,2H3,(H,16,21)/b13-9+. The van der Waals surface area contributed by atoms with Crippen LogP contribution in [0.1, 0.15) is 12.5 Å². The molecule has 0 spiro atoms. The van der Waals surface area contributed by atoms with Crippen molar-refractivity contribution in [2.75, 3.05) is 6.61 Å². The maximum atomic E-state index is 12.0. The summed E-state index contributed by atoms with van der Waals surface area (Å²) in [5.41, 5.74) is 1.07. The molecule has 0 saturated carbocycles. The van der Waals surface area contributed by atoms with Gasteiger partial charge in [0.05, 0.1) is 0 Å². The van der Waals surface area contributed by atoms with E-state index in [-0.39, 0.29) is 10.8 Å². The SMILES string of the molecule is C=CCOc1ccc(/C=C2/NC(=S)N(C(C)=O)C2=O)cc1. The minimum atomic E-state index is -0.445. The zero-order valence-corrected chi connectivity index (χ0v) is 12.3. The van der Waals surface area contributed by atoms with Crippen molar-refractivity contribution in [2.45, 2.75) is 6.92 Å². The monoisotopic (exact) mass is 302 g/mol. The fraction of sp³-hybridized carbons (Fsp3) is 0.133. The lowest BCUT2D eigenvalue weighted by Gasteiger charge is -2.07. The Morgan fingerprint density at radius 1 is 1.43 bits per heavy atom. The predicted molar refractivity (Wildman–Crippen MR) is 83.4 cm³/mol. The zero-order chi connectivity index (χ0) is 15.4. The van der Waals surface area contributed by atoms with E-state index in [1.165, 1.54) is 6.92 Å². The minimum Gasteiger partial charge on any atom is -0.490 e. The van der Waals surface area contributed by atoms with Crippen LogP contribution in [0.25, 0.3) is 6.08 Å². The van der Waals surface area contributed by atoms with Crippen molar-refractivity contribution in [1.29, 1.82) is 0 Å². The molecule has 0 unspecified atom stereocenters. The summed E-state index contributed by atoms with van der Waals surface area (Å²) < 4.78 is 5.37. The third kappa shape index (κ3) is 3.35. The van der Waals surface area contributed by atoms with Crippen LogP contribution >= 0.6 is 12.2 Å². The highest BCUT2D eigenvalue weighted by atomic mass is 32.1. The first kappa shape index (κ1) is 14.9. The number of rotatable bonds is 4. The summed E-state index contributed by atoms with van der Waals surface area (Å²) in [6, 6.07) is 7.19. The van der Waals surface area contributed by atoms with Crippen molar-refractivity contribution < 1.29 is 14.3 Å². The van der Waals surface area contributed by atoms with Crippen LogP contribution in [-0.2, 0) is 9.59 Å². The first-order valence-electron chi connectivity index (χ1n) is 6.24. The summed E-state index contributed by atoms with van der Waals surface area (Å²) in [6.07, 6.45) is 3.29. The Labute approximate surface area is 127 Å². The Bertz CT molecular complexity index is 635. The Morgan fingerprint density at radius 2 is 2.10 bits per heavy atom. The molecule has 1 aliphatic rings. The van der Waals surface area contributed by atoms with Gasteiger partial charge in [0.25, 0.3) is 5.91 Å². The van der Waals surface area contributed by atoms with Crippen LogP contribution in [0.4, 0.5) is 0 Å². The van der Waals surface area contributed by atoms with Crippen LogP contribution in [0.2, 0.25) is 0 Å². The van der Waals surface area contributed by atoms with Gasteiger partial charge in [-0.3, -0.25) is 9.59 Å². The van der Waals surface area contributed by atoms with Gasteiger partial charge in [0.15, 0.2) is 5.11 Å². The average Bonchev–Trinajstić information content (AvgIpc) is 2.72. The molecular formula is C15H14N2O3S. The molecule has 1 aromatic carbocycles. The van der Waals surface area contributed by atoms with Gasteiger partial charge in [-0.2, -0.15) is 0 Å². The summed E-state index contributed by atoms with van der Waals surface area (Å²) in [7, 11) is 0. The summed E-state index contributed by atoms with van der Waals surface area (Å²) >= 11 is 4.96. The van der Waals surface area contributed by atoms with Gasteiger partial charge in [-0.1, -0.05) is 24.8 Å². The molecule has 0 bridgehead atoms. The molecule has 108 valence electrons. The van der Waals surface area contributed by atoms with Gasteiger partial charge in [-0.25, -0.2) is 4.90 Å². The number of imide groups is 1. The second-order valence-corrected chi connectivity index (χ2v) is 4.70. The molecular weight excluding hydrogens is 288 g/mol. The number of hydrogen-bond donors (Lipinski definition) is 1. The van der Waals surface area contributed by atoms with Gasteiger partial charge >= 0.3 is 0 Å². The number of carbonyl (C=O) groups is 2. The van der Waals surface area contributed by atoms with E-state index in [9.17, 15) is 9.59 Å². The lowest BCUT2D eigenvalue weighted by atomic mass is 10.2. The largest absolute Gasteiger partial charge is 0.490 e. The fourth-order valence-electron chi connectivity index (χ4n) is 1.80. The van der Waals surface area contributed by atoms with Gasteiger partial charge in [0.2, 0.25) is 5.91 Å². The van der Waals surface area contributed by atoms with E-state index in [4.69, 9.17) is 17.0 Å². The predicted octanol–water partition coefficient (Wildman–Crippen LogP) is 1.86. The van der Waals surface area contributed by atoms with Crippen LogP contribution in [0, 0.1) is 0 Å². The van der Waals surface area contributed by atoms with Crippen LogP contribution < -0.4 is 10.1 Å². The van der Waals surface area contributed by atoms with Gasteiger partial charge < -0.3 is 10.1 Å². The average molecular weight is 302 g/mol. The highest BCUT2D eigenvalue weighted by Gasteiger charge is 2.33.